The summed E-state index contributed by atoms with van der Waals surface area (Å²) in [7, 11) is 1.50. The molecule has 1 aliphatic rings. The Morgan fingerprint density at radius 1 is 0.973 bits per heavy atom. The number of anilines is 1. The van der Waals surface area contributed by atoms with Crippen LogP contribution in [-0.4, -0.2) is 34.0 Å². The van der Waals surface area contributed by atoms with E-state index in [1.807, 2.05) is 45.9 Å². The molecule has 1 aliphatic heterocycles. The van der Waals surface area contributed by atoms with Crippen molar-refractivity contribution in [3.63, 3.8) is 0 Å². The fourth-order valence-corrected chi connectivity index (χ4v) is 5.89. The van der Waals surface area contributed by atoms with Crippen LogP contribution in [0.5, 0.6) is 11.5 Å². The van der Waals surface area contributed by atoms with Gasteiger partial charge in [0.25, 0.3) is 5.78 Å². The van der Waals surface area contributed by atoms with Gasteiger partial charge in [0, 0.05) is 0 Å². The number of phenolic OH excluding ortho intramolecular Hbond substituents is 1. The Balaban J connectivity index is 1.77. The molecule has 8 heteroatoms. The van der Waals surface area contributed by atoms with Crippen LogP contribution in [0.4, 0.5) is 5.13 Å². The van der Waals surface area contributed by atoms with Gasteiger partial charge in [0.05, 0.1) is 34.5 Å². The molecule has 0 bridgehead atoms. The second kappa shape index (κ2) is 9.05. The molecule has 188 valence electrons. The van der Waals surface area contributed by atoms with Gasteiger partial charge in [-0.25, -0.2) is 4.98 Å². The minimum atomic E-state index is -0.950. The monoisotopic (exact) mass is 514 g/mol. The molecule has 1 saturated heterocycles. The van der Waals surface area contributed by atoms with E-state index in [2.05, 4.69) is 0 Å². The van der Waals surface area contributed by atoms with Crippen molar-refractivity contribution in [3.05, 3.63) is 87.5 Å². The fraction of sp³-hybridized carbons (Fsp3) is 0.207. The van der Waals surface area contributed by atoms with Crippen molar-refractivity contribution < 1.29 is 24.5 Å². The van der Waals surface area contributed by atoms with Gasteiger partial charge < -0.3 is 14.9 Å². The first-order valence-electron chi connectivity index (χ1n) is 11.7. The van der Waals surface area contributed by atoms with E-state index in [4.69, 9.17) is 9.72 Å². The number of benzene rings is 3. The van der Waals surface area contributed by atoms with Gasteiger partial charge in [0.2, 0.25) is 0 Å². The van der Waals surface area contributed by atoms with E-state index in [9.17, 15) is 19.8 Å². The van der Waals surface area contributed by atoms with Crippen molar-refractivity contribution in [2.45, 2.75) is 33.7 Å². The second-order valence-electron chi connectivity index (χ2n) is 9.32. The average molecular weight is 515 g/mol. The summed E-state index contributed by atoms with van der Waals surface area (Å²) in [4.78, 5) is 33.1. The number of ether oxygens (including phenoxy) is 1. The van der Waals surface area contributed by atoms with E-state index in [0.717, 1.165) is 32.5 Å². The van der Waals surface area contributed by atoms with E-state index in [1.54, 1.807) is 18.2 Å². The highest BCUT2D eigenvalue weighted by Gasteiger charge is 2.48. The number of aryl methyl sites for hydroxylation is 4. The van der Waals surface area contributed by atoms with Gasteiger partial charge in [-0.15, -0.1) is 0 Å². The van der Waals surface area contributed by atoms with Crippen molar-refractivity contribution in [3.8, 4) is 11.5 Å². The first-order chi connectivity index (χ1) is 17.6. The van der Waals surface area contributed by atoms with Crippen LogP contribution < -0.4 is 9.64 Å². The van der Waals surface area contributed by atoms with Crippen LogP contribution in [0, 0.1) is 27.7 Å². The number of hydrogen-bond acceptors (Lipinski definition) is 7. The number of aromatic hydroxyl groups is 1. The highest BCUT2D eigenvalue weighted by Crippen LogP contribution is 2.46. The summed E-state index contributed by atoms with van der Waals surface area (Å²) in [6.07, 6.45) is 0. The maximum absolute atomic E-state index is 13.5. The average Bonchev–Trinajstić information content (AvgIpc) is 3.36. The lowest BCUT2D eigenvalue weighted by molar-refractivity contribution is -0.132. The molecule has 0 radical (unpaired) electrons. The molecular formula is C29H26N2O5S. The normalized spacial score (nSPS) is 17.1. The molecule has 37 heavy (non-hydrogen) atoms. The summed E-state index contributed by atoms with van der Waals surface area (Å²) >= 11 is 1.31. The van der Waals surface area contributed by atoms with Crippen LogP contribution in [0.1, 0.15) is 39.4 Å². The molecule has 2 N–H and O–H groups in total. The van der Waals surface area contributed by atoms with E-state index >= 15 is 0 Å². The molecule has 0 saturated carbocycles. The van der Waals surface area contributed by atoms with Crippen LogP contribution in [0.15, 0.2) is 54.1 Å². The van der Waals surface area contributed by atoms with Crippen LogP contribution in [0.3, 0.4) is 0 Å². The number of ketones is 1. The van der Waals surface area contributed by atoms with E-state index < -0.39 is 17.7 Å². The highest BCUT2D eigenvalue weighted by molar-refractivity contribution is 7.22. The predicted octanol–water partition coefficient (Wildman–Crippen LogP) is 5.87. The van der Waals surface area contributed by atoms with E-state index in [0.29, 0.717) is 22.0 Å². The van der Waals surface area contributed by atoms with Gasteiger partial charge in [-0.3, -0.25) is 14.5 Å². The minimum absolute atomic E-state index is 0.0441. The zero-order valence-electron chi connectivity index (χ0n) is 21.1. The largest absolute Gasteiger partial charge is 0.508 e. The Morgan fingerprint density at radius 3 is 2.32 bits per heavy atom. The molecule has 0 aliphatic carbocycles. The number of rotatable bonds is 4. The van der Waals surface area contributed by atoms with Crippen molar-refractivity contribution in [2.24, 2.45) is 0 Å². The standard InChI is InChI=1S/C29H26N2O5S/c1-14-10-17(4)27(36-5)20(11-14)25(33)23-24(18-6-8-19(32)9-7-18)31(28(35)26(23)34)29-30-21-12-15(2)16(3)13-22(21)37-29/h6-13,24,32-33H,1-5H3/b25-23+. The summed E-state index contributed by atoms with van der Waals surface area (Å²) in [6, 6.07) is 12.9. The molecule has 4 aromatic rings. The Hall–Kier alpha value is -4.17. The number of hydrogen-bond donors (Lipinski definition) is 2. The van der Waals surface area contributed by atoms with E-state index in [-0.39, 0.29) is 17.1 Å². The molecule has 5 rings (SSSR count). The lowest BCUT2D eigenvalue weighted by Gasteiger charge is -2.23. The van der Waals surface area contributed by atoms with Gasteiger partial charge in [-0.1, -0.05) is 29.5 Å². The number of amides is 1. The van der Waals surface area contributed by atoms with Crippen LogP contribution in [-0.2, 0) is 9.59 Å². The molecule has 0 spiro atoms. The number of carbonyl (C=O) groups excluding carboxylic acids is 2. The Labute approximate surface area is 218 Å². The number of carbonyl (C=O) groups is 2. The third-order valence-corrected chi connectivity index (χ3v) is 7.75. The van der Waals surface area contributed by atoms with Gasteiger partial charge in [-0.2, -0.15) is 0 Å². The predicted molar refractivity (Wildman–Crippen MR) is 144 cm³/mol. The first kappa shape index (κ1) is 24.5. The van der Waals surface area contributed by atoms with Gasteiger partial charge in [0.15, 0.2) is 5.13 Å². The number of aliphatic hydroxyl groups excluding tert-OH is 1. The minimum Gasteiger partial charge on any atom is -0.508 e. The Bertz CT molecular complexity index is 1580. The molecule has 2 heterocycles. The highest BCUT2D eigenvalue weighted by atomic mass is 32.1. The van der Waals surface area contributed by atoms with Gasteiger partial charge in [-0.05, 0) is 85.8 Å². The van der Waals surface area contributed by atoms with Crippen molar-refractivity contribution >= 4 is 44.1 Å². The SMILES string of the molecule is COc1c(C)cc(C)cc1/C(O)=C1\C(=O)C(=O)N(c2nc3cc(C)c(C)cc3s2)C1c1ccc(O)cc1. The van der Waals surface area contributed by atoms with Crippen LogP contribution >= 0.6 is 11.3 Å². The zero-order valence-corrected chi connectivity index (χ0v) is 21.9. The number of methoxy groups -OCH3 is 1. The van der Waals surface area contributed by atoms with Crippen LogP contribution in [0.2, 0.25) is 0 Å². The number of aromatic nitrogens is 1. The summed E-state index contributed by atoms with van der Waals surface area (Å²) in [5.41, 5.74) is 5.37. The molecule has 1 atom stereocenters. The van der Waals surface area contributed by atoms with Crippen molar-refractivity contribution in [1.82, 2.24) is 4.98 Å². The third kappa shape index (κ3) is 4.03. The molecule has 1 fully saturated rings. The lowest BCUT2D eigenvalue weighted by Crippen LogP contribution is -2.29. The molecule has 1 amide bonds. The zero-order chi connectivity index (χ0) is 26.6. The summed E-state index contributed by atoms with van der Waals surface area (Å²) < 4.78 is 6.45. The number of aliphatic hydroxyl groups is 1. The number of nitrogens with zero attached hydrogens (tertiary/aromatic N) is 2. The first-order valence-corrected chi connectivity index (χ1v) is 12.6. The fourth-order valence-electron chi connectivity index (χ4n) is 4.82. The quantitative estimate of drug-likeness (QED) is 0.201. The number of phenols is 1. The molecule has 7 nitrogen and oxygen atoms in total. The lowest BCUT2D eigenvalue weighted by atomic mass is 9.93. The smallest absolute Gasteiger partial charge is 0.301 e. The maximum Gasteiger partial charge on any atom is 0.301 e. The molecule has 1 unspecified atom stereocenters. The second-order valence-corrected chi connectivity index (χ2v) is 10.3. The van der Waals surface area contributed by atoms with Crippen molar-refractivity contribution in [1.29, 1.82) is 0 Å². The summed E-state index contributed by atoms with van der Waals surface area (Å²) in [6.45, 7) is 7.73. The van der Waals surface area contributed by atoms with Gasteiger partial charge in [0.1, 0.15) is 17.3 Å². The number of thiazole rings is 1. The number of Topliss-reactive ketones (excluding diaryl/α,β-unsaturated/α-hetero) is 1. The Kier molecular flexibility index (Phi) is 6.00. The molecule has 3 aromatic carbocycles. The Morgan fingerprint density at radius 2 is 1.65 bits per heavy atom. The maximum atomic E-state index is 13.5. The number of fused-ring (bicyclic) bond motifs is 1. The third-order valence-electron chi connectivity index (χ3n) is 6.73. The molecular weight excluding hydrogens is 488 g/mol. The van der Waals surface area contributed by atoms with Gasteiger partial charge >= 0.3 is 5.91 Å². The van der Waals surface area contributed by atoms with Crippen LogP contribution in [0.25, 0.3) is 16.0 Å². The molecule has 1 aromatic heterocycles. The topological polar surface area (TPSA) is 100.0 Å². The van der Waals surface area contributed by atoms with Crippen molar-refractivity contribution in [2.75, 3.05) is 12.0 Å². The van der Waals surface area contributed by atoms with E-state index in [1.165, 1.54) is 35.5 Å². The summed E-state index contributed by atoms with van der Waals surface area (Å²) in [5, 5.41) is 21.8. The summed E-state index contributed by atoms with van der Waals surface area (Å²) in [5.74, 6) is -1.46.